The second kappa shape index (κ2) is 4.14. The van der Waals surface area contributed by atoms with E-state index in [0.717, 1.165) is 37.6 Å². The van der Waals surface area contributed by atoms with Gasteiger partial charge in [0.2, 0.25) is 0 Å². The molecule has 0 saturated carbocycles. The average molecular weight is 208 g/mol. The van der Waals surface area contributed by atoms with Gasteiger partial charge in [-0.3, -0.25) is 4.79 Å². The predicted molar refractivity (Wildman–Crippen MR) is 56.1 cm³/mol. The zero-order chi connectivity index (χ0) is 10.8. The van der Waals surface area contributed by atoms with Crippen molar-refractivity contribution in [3.8, 4) is 0 Å². The van der Waals surface area contributed by atoms with Gasteiger partial charge in [0.05, 0.1) is 6.20 Å². The lowest BCUT2D eigenvalue weighted by Gasteiger charge is -2.25. The molecule has 0 aromatic carbocycles. The molecular formula is C11H16N2O2. The molecule has 1 saturated heterocycles. The third-order valence-electron chi connectivity index (χ3n) is 2.90. The van der Waals surface area contributed by atoms with Crippen LogP contribution in [0.5, 0.6) is 0 Å². The highest BCUT2D eigenvalue weighted by molar-refractivity contribution is 5.92. The minimum absolute atomic E-state index is 0.0853. The van der Waals surface area contributed by atoms with Crippen LogP contribution in [0, 0.1) is 6.92 Å². The van der Waals surface area contributed by atoms with Crippen molar-refractivity contribution in [3.63, 3.8) is 0 Å². The summed E-state index contributed by atoms with van der Waals surface area (Å²) in [5.41, 5.74) is 0.722. The Morgan fingerprint density at radius 3 is 2.80 bits per heavy atom. The SMILES string of the molecule is CC(=O)c1cnc(C)n1C1CCOCC1. The van der Waals surface area contributed by atoms with Crippen molar-refractivity contribution in [2.45, 2.75) is 32.7 Å². The quantitative estimate of drug-likeness (QED) is 0.695. The van der Waals surface area contributed by atoms with E-state index in [0.29, 0.717) is 6.04 Å². The largest absolute Gasteiger partial charge is 0.381 e. The average Bonchev–Trinajstić information content (AvgIpc) is 2.61. The lowest BCUT2D eigenvalue weighted by Crippen LogP contribution is -2.22. The minimum atomic E-state index is 0.0853. The highest BCUT2D eigenvalue weighted by Crippen LogP contribution is 2.24. The number of imidazole rings is 1. The van der Waals surface area contributed by atoms with Gasteiger partial charge in [0, 0.05) is 26.2 Å². The summed E-state index contributed by atoms with van der Waals surface area (Å²) in [7, 11) is 0. The second-order valence-corrected chi connectivity index (χ2v) is 3.96. The number of rotatable bonds is 2. The minimum Gasteiger partial charge on any atom is -0.381 e. The molecule has 0 amide bonds. The molecule has 0 bridgehead atoms. The highest BCUT2D eigenvalue weighted by Gasteiger charge is 2.21. The Kier molecular flexibility index (Phi) is 2.86. The first-order valence-electron chi connectivity index (χ1n) is 5.32. The van der Waals surface area contributed by atoms with Crippen molar-refractivity contribution >= 4 is 5.78 Å². The van der Waals surface area contributed by atoms with Crippen LogP contribution in [0.3, 0.4) is 0 Å². The maximum atomic E-state index is 11.4. The van der Waals surface area contributed by atoms with Crippen LogP contribution >= 0.6 is 0 Å². The van der Waals surface area contributed by atoms with E-state index in [-0.39, 0.29) is 5.78 Å². The summed E-state index contributed by atoms with van der Waals surface area (Å²) in [5, 5.41) is 0. The summed E-state index contributed by atoms with van der Waals surface area (Å²) in [5.74, 6) is 1.01. The second-order valence-electron chi connectivity index (χ2n) is 3.96. The molecule has 1 aromatic rings. The number of carbonyl (C=O) groups is 1. The molecule has 15 heavy (non-hydrogen) atoms. The van der Waals surface area contributed by atoms with E-state index in [1.165, 1.54) is 0 Å². The van der Waals surface area contributed by atoms with Crippen molar-refractivity contribution in [1.29, 1.82) is 0 Å². The van der Waals surface area contributed by atoms with Crippen LogP contribution in [0.25, 0.3) is 0 Å². The fraction of sp³-hybridized carbons (Fsp3) is 0.636. The van der Waals surface area contributed by atoms with Crippen LogP contribution in [0.2, 0.25) is 0 Å². The number of ketones is 1. The van der Waals surface area contributed by atoms with E-state index in [1.807, 2.05) is 6.92 Å². The Balaban J connectivity index is 2.32. The van der Waals surface area contributed by atoms with Gasteiger partial charge in [-0.25, -0.2) is 4.98 Å². The Labute approximate surface area is 89.3 Å². The van der Waals surface area contributed by atoms with Gasteiger partial charge in [-0.2, -0.15) is 0 Å². The Morgan fingerprint density at radius 2 is 2.20 bits per heavy atom. The number of Topliss-reactive ketones (excluding diaryl/α,β-unsaturated/α-hetero) is 1. The Hall–Kier alpha value is -1.16. The van der Waals surface area contributed by atoms with E-state index in [9.17, 15) is 4.79 Å². The monoisotopic (exact) mass is 208 g/mol. The summed E-state index contributed by atoms with van der Waals surface area (Å²) in [4.78, 5) is 15.6. The third kappa shape index (κ3) is 1.95. The standard InChI is InChI=1S/C11H16N2O2/c1-8(14)11-7-12-9(2)13(11)10-3-5-15-6-4-10/h7,10H,3-6H2,1-2H3. The molecule has 2 heterocycles. The number of nitrogens with zero attached hydrogens (tertiary/aromatic N) is 2. The van der Waals surface area contributed by atoms with E-state index in [1.54, 1.807) is 13.1 Å². The summed E-state index contributed by atoms with van der Waals surface area (Å²) < 4.78 is 7.38. The number of hydrogen-bond donors (Lipinski definition) is 0. The van der Waals surface area contributed by atoms with E-state index in [2.05, 4.69) is 9.55 Å². The molecule has 1 aromatic heterocycles. The summed E-state index contributed by atoms with van der Waals surface area (Å²) in [6.07, 6.45) is 3.61. The van der Waals surface area contributed by atoms with Crippen molar-refractivity contribution < 1.29 is 9.53 Å². The molecule has 82 valence electrons. The zero-order valence-electron chi connectivity index (χ0n) is 9.19. The number of carbonyl (C=O) groups excluding carboxylic acids is 1. The molecule has 0 spiro atoms. The molecule has 4 heteroatoms. The first kappa shape index (κ1) is 10.4. The molecule has 4 nitrogen and oxygen atoms in total. The van der Waals surface area contributed by atoms with E-state index >= 15 is 0 Å². The van der Waals surface area contributed by atoms with Gasteiger partial charge < -0.3 is 9.30 Å². The maximum absolute atomic E-state index is 11.4. The summed E-state index contributed by atoms with van der Waals surface area (Å²) in [6.45, 7) is 5.09. The molecule has 0 unspecified atom stereocenters. The lowest BCUT2D eigenvalue weighted by molar-refractivity contribution is 0.0675. The Morgan fingerprint density at radius 1 is 1.53 bits per heavy atom. The molecule has 0 radical (unpaired) electrons. The first-order chi connectivity index (χ1) is 7.20. The normalized spacial score (nSPS) is 18.0. The number of hydrogen-bond acceptors (Lipinski definition) is 3. The van der Waals surface area contributed by atoms with Crippen LogP contribution < -0.4 is 0 Å². The molecule has 2 rings (SSSR count). The highest BCUT2D eigenvalue weighted by atomic mass is 16.5. The fourth-order valence-electron chi connectivity index (χ4n) is 2.12. The molecular weight excluding hydrogens is 192 g/mol. The van der Waals surface area contributed by atoms with Gasteiger partial charge in [-0.15, -0.1) is 0 Å². The van der Waals surface area contributed by atoms with Crippen LogP contribution in [-0.2, 0) is 4.74 Å². The zero-order valence-corrected chi connectivity index (χ0v) is 9.19. The molecule has 1 fully saturated rings. The van der Waals surface area contributed by atoms with Crippen molar-refractivity contribution in [2.75, 3.05) is 13.2 Å². The third-order valence-corrected chi connectivity index (χ3v) is 2.90. The summed E-state index contributed by atoms with van der Waals surface area (Å²) in [6, 6.07) is 0.375. The Bertz CT molecular complexity index is 365. The van der Waals surface area contributed by atoms with Crippen molar-refractivity contribution in [1.82, 2.24) is 9.55 Å². The number of ether oxygens (including phenoxy) is 1. The van der Waals surface area contributed by atoms with Gasteiger partial charge in [0.1, 0.15) is 11.5 Å². The first-order valence-corrected chi connectivity index (χ1v) is 5.32. The van der Waals surface area contributed by atoms with Crippen LogP contribution in [0.1, 0.15) is 42.1 Å². The number of aryl methyl sites for hydroxylation is 1. The number of aromatic nitrogens is 2. The van der Waals surface area contributed by atoms with Gasteiger partial charge in [0.15, 0.2) is 5.78 Å². The molecule has 0 N–H and O–H groups in total. The molecule has 0 aliphatic carbocycles. The van der Waals surface area contributed by atoms with Crippen LogP contribution in [0.15, 0.2) is 6.20 Å². The van der Waals surface area contributed by atoms with Gasteiger partial charge in [-0.1, -0.05) is 0 Å². The maximum Gasteiger partial charge on any atom is 0.177 e. The lowest BCUT2D eigenvalue weighted by atomic mass is 10.1. The predicted octanol–water partition coefficient (Wildman–Crippen LogP) is 1.75. The smallest absolute Gasteiger partial charge is 0.177 e. The van der Waals surface area contributed by atoms with Gasteiger partial charge >= 0.3 is 0 Å². The summed E-state index contributed by atoms with van der Waals surface area (Å²) >= 11 is 0. The van der Waals surface area contributed by atoms with Gasteiger partial charge in [0.25, 0.3) is 0 Å². The van der Waals surface area contributed by atoms with Crippen molar-refractivity contribution in [3.05, 3.63) is 17.7 Å². The topological polar surface area (TPSA) is 44.1 Å². The molecule has 0 atom stereocenters. The fourth-order valence-corrected chi connectivity index (χ4v) is 2.12. The van der Waals surface area contributed by atoms with Crippen LogP contribution in [-0.4, -0.2) is 28.5 Å². The van der Waals surface area contributed by atoms with E-state index in [4.69, 9.17) is 4.74 Å². The molecule has 1 aliphatic heterocycles. The van der Waals surface area contributed by atoms with Gasteiger partial charge in [-0.05, 0) is 19.8 Å². The van der Waals surface area contributed by atoms with Crippen molar-refractivity contribution in [2.24, 2.45) is 0 Å². The molecule has 1 aliphatic rings. The van der Waals surface area contributed by atoms with E-state index < -0.39 is 0 Å². The van der Waals surface area contributed by atoms with Crippen LogP contribution in [0.4, 0.5) is 0 Å².